The van der Waals surface area contributed by atoms with Crippen LogP contribution in [0.2, 0.25) is 0 Å². The van der Waals surface area contributed by atoms with Crippen molar-refractivity contribution < 1.29 is 28.4 Å². The summed E-state index contributed by atoms with van der Waals surface area (Å²) in [4.78, 5) is 55.1. The van der Waals surface area contributed by atoms with Gasteiger partial charge in [-0.25, -0.2) is 9.78 Å². The van der Waals surface area contributed by atoms with Crippen molar-refractivity contribution in [1.29, 1.82) is 0 Å². The predicted molar refractivity (Wildman–Crippen MR) is 128 cm³/mol. The Morgan fingerprint density at radius 2 is 1.72 bits per heavy atom. The minimum absolute atomic E-state index is 0.173. The normalized spacial score (nSPS) is 12.7. The van der Waals surface area contributed by atoms with Crippen LogP contribution in [-0.4, -0.2) is 52.4 Å². The molecule has 0 unspecified atom stereocenters. The lowest BCUT2D eigenvalue weighted by molar-refractivity contribution is -0.119. The van der Waals surface area contributed by atoms with Gasteiger partial charge in [-0.3, -0.25) is 19.3 Å². The van der Waals surface area contributed by atoms with E-state index >= 15 is 0 Å². The summed E-state index contributed by atoms with van der Waals surface area (Å²) in [6.45, 7) is 3.07. The molecule has 0 saturated heterocycles. The molecule has 0 fully saturated rings. The van der Waals surface area contributed by atoms with Crippen molar-refractivity contribution in [1.82, 2.24) is 15.0 Å². The average molecular weight is 484 g/mol. The summed E-state index contributed by atoms with van der Waals surface area (Å²) in [5.74, 6) is -2.21. The van der Waals surface area contributed by atoms with Crippen LogP contribution < -0.4 is 5.32 Å². The Morgan fingerprint density at radius 3 is 2.47 bits per heavy atom. The zero-order valence-electron chi connectivity index (χ0n) is 19.6. The third-order valence-corrected chi connectivity index (χ3v) is 5.89. The highest BCUT2D eigenvalue weighted by molar-refractivity contribution is 6.21. The second-order valence-corrected chi connectivity index (χ2v) is 8.42. The second kappa shape index (κ2) is 8.73. The highest BCUT2D eigenvalue weighted by Gasteiger charge is 2.32. The van der Waals surface area contributed by atoms with Crippen LogP contribution in [0.1, 0.15) is 42.3 Å². The topological polar surface area (TPSA) is 132 Å². The fourth-order valence-electron chi connectivity index (χ4n) is 3.97. The van der Waals surface area contributed by atoms with Crippen molar-refractivity contribution in [3.8, 4) is 11.3 Å². The first-order valence-electron chi connectivity index (χ1n) is 11.0. The molecule has 10 heteroatoms. The Balaban J connectivity index is 1.34. The number of rotatable bonds is 5. The molecule has 1 aliphatic rings. The number of nitrogens with zero attached hydrogens (tertiary/aromatic N) is 3. The molecule has 3 heterocycles. The molecule has 2 aromatic heterocycles. The maximum absolute atomic E-state index is 13.0. The number of aryl methyl sites for hydroxylation is 2. The fraction of sp³-hybridized carbons (Fsp3) is 0.154. The van der Waals surface area contributed by atoms with Crippen molar-refractivity contribution >= 4 is 40.5 Å². The van der Waals surface area contributed by atoms with Crippen LogP contribution in [-0.2, 0) is 9.53 Å². The van der Waals surface area contributed by atoms with Gasteiger partial charge >= 0.3 is 5.97 Å². The van der Waals surface area contributed by atoms with E-state index in [9.17, 15) is 19.2 Å². The number of carbonyl (C=O) groups is 4. The summed E-state index contributed by atoms with van der Waals surface area (Å²) in [6.07, 6.45) is 0. The molecule has 1 aliphatic heterocycles. The van der Waals surface area contributed by atoms with Gasteiger partial charge in [-0.05, 0) is 38.1 Å². The van der Waals surface area contributed by atoms with Gasteiger partial charge in [0.2, 0.25) is 0 Å². The molecule has 4 aromatic rings. The van der Waals surface area contributed by atoms with Gasteiger partial charge in [-0.15, -0.1) is 0 Å². The largest absolute Gasteiger partial charge is 0.452 e. The SMILES string of the molecule is Cc1ccc(-c2cc(C(=O)OCC(=O)Nc3ccc4c(c3)C(=O)N(C)C4=O)c3c(C)noc3n2)cc1. The third kappa shape index (κ3) is 3.98. The lowest BCUT2D eigenvalue weighted by Gasteiger charge is -2.09. The summed E-state index contributed by atoms with van der Waals surface area (Å²) in [5.41, 5.74) is 3.94. The van der Waals surface area contributed by atoms with Gasteiger partial charge in [0.15, 0.2) is 6.61 Å². The Labute approximate surface area is 204 Å². The van der Waals surface area contributed by atoms with Crippen LogP contribution in [0.4, 0.5) is 5.69 Å². The molecule has 180 valence electrons. The summed E-state index contributed by atoms with van der Waals surface area (Å²) in [7, 11) is 1.39. The van der Waals surface area contributed by atoms with Crippen LogP contribution in [0.15, 0.2) is 53.1 Å². The van der Waals surface area contributed by atoms with E-state index in [0.29, 0.717) is 22.5 Å². The number of esters is 1. The minimum Gasteiger partial charge on any atom is -0.452 e. The molecule has 0 bridgehead atoms. The smallest absolute Gasteiger partial charge is 0.339 e. The van der Waals surface area contributed by atoms with E-state index < -0.39 is 30.3 Å². The summed E-state index contributed by atoms with van der Waals surface area (Å²) in [5, 5.41) is 6.88. The number of hydrogen-bond donors (Lipinski definition) is 1. The number of carbonyl (C=O) groups excluding carboxylic acids is 4. The summed E-state index contributed by atoms with van der Waals surface area (Å²) in [6, 6.07) is 13.6. The first-order chi connectivity index (χ1) is 17.2. The Bertz CT molecular complexity index is 1570. The highest BCUT2D eigenvalue weighted by Crippen LogP contribution is 2.28. The van der Waals surface area contributed by atoms with Gasteiger partial charge in [0.05, 0.1) is 33.5 Å². The van der Waals surface area contributed by atoms with Crippen LogP contribution in [0, 0.1) is 13.8 Å². The molecule has 36 heavy (non-hydrogen) atoms. The lowest BCUT2D eigenvalue weighted by Crippen LogP contribution is -2.24. The van der Waals surface area contributed by atoms with E-state index in [1.807, 2.05) is 31.2 Å². The summed E-state index contributed by atoms with van der Waals surface area (Å²) >= 11 is 0. The number of nitrogens with one attached hydrogen (secondary N) is 1. The van der Waals surface area contributed by atoms with Crippen molar-refractivity contribution in [3.63, 3.8) is 0 Å². The van der Waals surface area contributed by atoms with Gasteiger partial charge in [-0.1, -0.05) is 35.0 Å². The zero-order valence-corrected chi connectivity index (χ0v) is 19.6. The Hall–Kier alpha value is -4.86. The number of benzene rings is 2. The maximum atomic E-state index is 13.0. The van der Waals surface area contributed by atoms with Crippen molar-refractivity contribution in [2.75, 3.05) is 19.0 Å². The Kier molecular flexibility index (Phi) is 5.56. The molecule has 0 saturated carbocycles. The quantitative estimate of drug-likeness (QED) is 0.336. The first kappa shape index (κ1) is 22.9. The van der Waals surface area contributed by atoms with E-state index in [1.54, 1.807) is 13.0 Å². The second-order valence-electron chi connectivity index (χ2n) is 8.42. The Morgan fingerprint density at radius 1 is 1.00 bits per heavy atom. The number of amides is 3. The van der Waals surface area contributed by atoms with Crippen LogP contribution in [0.3, 0.4) is 0 Å². The van der Waals surface area contributed by atoms with Crippen LogP contribution in [0.25, 0.3) is 22.4 Å². The molecule has 3 amide bonds. The zero-order chi connectivity index (χ0) is 25.6. The monoisotopic (exact) mass is 484 g/mol. The molecular weight excluding hydrogens is 464 g/mol. The first-order valence-corrected chi connectivity index (χ1v) is 11.0. The van der Waals surface area contributed by atoms with E-state index in [2.05, 4.69) is 15.5 Å². The molecule has 0 radical (unpaired) electrons. The molecule has 5 rings (SSSR count). The van der Waals surface area contributed by atoms with Gasteiger partial charge in [-0.2, -0.15) is 0 Å². The van der Waals surface area contributed by atoms with Gasteiger partial charge < -0.3 is 14.6 Å². The summed E-state index contributed by atoms with van der Waals surface area (Å²) < 4.78 is 10.6. The number of anilines is 1. The standard InChI is InChI=1S/C26H20N4O6/c1-13-4-6-15(7-5-13)20-11-19(22-14(2)29-36-23(22)28-20)26(34)35-12-21(31)27-16-8-9-17-18(10-16)25(33)30(3)24(17)32/h4-11H,12H2,1-3H3,(H,27,31). The highest BCUT2D eigenvalue weighted by atomic mass is 16.5. The lowest BCUT2D eigenvalue weighted by atomic mass is 10.0. The minimum atomic E-state index is -0.742. The number of fused-ring (bicyclic) bond motifs is 2. The molecule has 0 spiro atoms. The van der Waals surface area contributed by atoms with Crippen molar-refractivity contribution in [3.05, 3.63) is 76.5 Å². The van der Waals surface area contributed by atoms with E-state index in [0.717, 1.165) is 16.0 Å². The number of pyridine rings is 1. The van der Waals surface area contributed by atoms with Gasteiger partial charge in [0, 0.05) is 18.3 Å². The van der Waals surface area contributed by atoms with Gasteiger partial charge in [0.25, 0.3) is 23.4 Å². The molecule has 0 aliphatic carbocycles. The van der Waals surface area contributed by atoms with Crippen molar-refractivity contribution in [2.45, 2.75) is 13.8 Å². The third-order valence-electron chi connectivity index (χ3n) is 5.89. The van der Waals surface area contributed by atoms with E-state index in [-0.39, 0.29) is 22.4 Å². The maximum Gasteiger partial charge on any atom is 0.339 e. The average Bonchev–Trinajstić information content (AvgIpc) is 3.35. The van der Waals surface area contributed by atoms with E-state index in [1.165, 1.54) is 25.2 Å². The van der Waals surface area contributed by atoms with E-state index in [4.69, 9.17) is 9.26 Å². The molecule has 10 nitrogen and oxygen atoms in total. The van der Waals surface area contributed by atoms with Crippen molar-refractivity contribution in [2.24, 2.45) is 0 Å². The van der Waals surface area contributed by atoms with Gasteiger partial charge in [0.1, 0.15) is 0 Å². The molecular formula is C26H20N4O6. The van der Waals surface area contributed by atoms with Crippen LogP contribution >= 0.6 is 0 Å². The molecule has 1 N–H and O–H groups in total. The molecule has 0 atom stereocenters. The number of ether oxygens (including phenoxy) is 1. The number of aromatic nitrogens is 2. The number of imide groups is 1. The number of hydrogen-bond acceptors (Lipinski definition) is 8. The fourth-order valence-corrected chi connectivity index (χ4v) is 3.97. The van der Waals surface area contributed by atoms with Crippen LogP contribution in [0.5, 0.6) is 0 Å². The predicted octanol–water partition coefficient (Wildman–Crippen LogP) is 3.53. The molecule has 2 aromatic carbocycles.